The van der Waals surface area contributed by atoms with Crippen LogP contribution in [0.1, 0.15) is 18.1 Å². The Morgan fingerprint density at radius 2 is 2.12 bits per heavy atom. The molecule has 2 aromatic rings. The molecule has 134 valence electrons. The molecule has 0 spiro atoms. The van der Waals surface area contributed by atoms with Crippen molar-refractivity contribution < 1.29 is 14.3 Å². The highest BCUT2D eigenvalue weighted by molar-refractivity contribution is 9.10. The van der Waals surface area contributed by atoms with E-state index in [1.807, 2.05) is 25.1 Å². The van der Waals surface area contributed by atoms with Gasteiger partial charge in [0.1, 0.15) is 18.2 Å². The van der Waals surface area contributed by atoms with E-state index in [2.05, 4.69) is 15.9 Å². The minimum Gasteiger partial charge on any atom is -0.490 e. The van der Waals surface area contributed by atoms with Crippen molar-refractivity contribution in [3.8, 4) is 17.6 Å². The Labute approximate surface area is 165 Å². The zero-order valence-corrected chi connectivity index (χ0v) is 16.3. The summed E-state index contributed by atoms with van der Waals surface area (Å²) in [7, 11) is 0. The van der Waals surface area contributed by atoms with Gasteiger partial charge in [0, 0.05) is 5.02 Å². The Morgan fingerprint density at radius 3 is 2.73 bits per heavy atom. The van der Waals surface area contributed by atoms with Gasteiger partial charge in [-0.1, -0.05) is 23.7 Å². The molecule has 0 saturated carbocycles. The molecule has 0 radical (unpaired) electrons. The molecular formula is C19H16BrClN2O3. The number of ether oxygens (including phenoxy) is 2. The Hall–Kier alpha value is -2.49. The van der Waals surface area contributed by atoms with Gasteiger partial charge in [-0.25, -0.2) is 0 Å². The average molecular weight is 436 g/mol. The van der Waals surface area contributed by atoms with Crippen LogP contribution in [0.5, 0.6) is 11.5 Å². The van der Waals surface area contributed by atoms with Gasteiger partial charge < -0.3 is 15.2 Å². The SMILES string of the molecule is CCOc1cc(/C=C(\C#N)C(N)=O)cc(Br)c1OCc1cccc(Cl)c1. The number of halogens is 2. The smallest absolute Gasteiger partial charge is 0.259 e. The van der Waals surface area contributed by atoms with Crippen LogP contribution in [0, 0.1) is 11.3 Å². The molecular weight excluding hydrogens is 420 g/mol. The highest BCUT2D eigenvalue weighted by Crippen LogP contribution is 2.38. The summed E-state index contributed by atoms with van der Waals surface area (Å²) in [5.41, 5.74) is 6.53. The molecule has 0 bridgehead atoms. The first-order chi connectivity index (χ1) is 12.4. The number of nitrogens with zero attached hydrogens (tertiary/aromatic N) is 1. The highest BCUT2D eigenvalue weighted by atomic mass is 79.9. The van der Waals surface area contributed by atoms with Crippen LogP contribution in [-0.2, 0) is 11.4 Å². The zero-order chi connectivity index (χ0) is 19.1. The van der Waals surface area contributed by atoms with E-state index >= 15 is 0 Å². The number of hydrogen-bond acceptors (Lipinski definition) is 4. The first-order valence-corrected chi connectivity index (χ1v) is 8.87. The second kappa shape index (κ2) is 9.27. The second-order valence-corrected chi connectivity index (χ2v) is 6.51. The van der Waals surface area contributed by atoms with Crippen molar-refractivity contribution in [3.05, 3.63) is 62.6 Å². The second-order valence-electron chi connectivity index (χ2n) is 5.22. The lowest BCUT2D eigenvalue weighted by molar-refractivity contribution is -0.114. The standard InChI is InChI=1S/C19H16BrClN2O3/c1-2-25-17-9-13(6-14(10-22)19(23)24)8-16(20)18(17)26-11-12-4-3-5-15(21)7-12/h3-9H,2,11H2,1H3,(H2,23,24)/b14-6+. The van der Waals surface area contributed by atoms with Gasteiger partial charge in [0.05, 0.1) is 11.1 Å². The van der Waals surface area contributed by atoms with Crippen LogP contribution in [0.4, 0.5) is 0 Å². The third kappa shape index (κ3) is 5.25. The molecule has 26 heavy (non-hydrogen) atoms. The fourth-order valence-corrected chi connectivity index (χ4v) is 2.97. The summed E-state index contributed by atoms with van der Waals surface area (Å²) in [5.74, 6) is 0.210. The summed E-state index contributed by atoms with van der Waals surface area (Å²) >= 11 is 9.43. The lowest BCUT2D eigenvalue weighted by atomic mass is 10.1. The van der Waals surface area contributed by atoms with Gasteiger partial charge >= 0.3 is 0 Å². The predicted molar refractivity (Wildman–Crippen MR) is 104 cm³/mol. The minimum absolute atomic E-state index is 0.146. The zero-order valence-electron chi connectivity index (χ0n) is 14.0. The van der Waals surface area contributed by atoms with Gasteiger partial charge in [-0.3, -0.25) is 4.79 Å². The maximum Gasteiger partial charge on any atom is 0.259 e. The van der Waals surface area contributed by atoms with E-state index in [4.69, 9.17) is 32.1 Å². The van der Waals surface area contributed by atoms with E-state index < -0.39 is 5.91 Å². The first-order valence-electron chi connectivity index (χ1n) is 7.69. The molecule has 2 aromatic carbocycles. The maximum atomic E-state index is 11.2. The number of nitrogens with two attached hydrogens (primary N) is 1. The van der Waals surface area contributed by atoms with E-state index in [1.54, 1.807) is 24.3 Å². The van der Waals surface area contributed by atoms with E-state index in [0.29, 0.717) is 39.8 Å². The van der Waals surface area contributed by atoms with Crippen LogP contribution in [0.15, 0.2) is 46.4 Å². The monoisotopic (exact) mass is 434 g/mol. The predicted octanol–water partition coefficient (Wildman–Crippen LogP) is 4.47. The Kier molecular flexibility index (Phi) is 7.07. The minimum atomic E-state index is -0.789. The number of nitriles is 1. The molecule has 7 heteroatoms. The van der Waals surface area contributed by atoms with Crippen LogP contribution >= 0.6 is 27.5 Å². The van der Waals surface area contributed by atoms with E-state index in [1.165, 1.54) is 6.08 Å². The summed E-state index contributed by atoms with van der Waals surface area (Å²) in [5, 5.41) is 9.62. The Morgan fingerprint density at radius 1 is 1.35 bits per heavy atom. The molecule has 0 atom stereocenters. The topological polar surface area (TPSA) is 85.3 Å². The molecule has 2 rings (SSSR count). The molecule has 0 heterocycles. The summed E-state index contributed by atoms with van der Waals surface area (Å²) in [6.07, 6.45) is 1.40. The number of primary amides is 1. The van der Waals surface area contributed by atoms with Crippen LogP contribution in [0.25, 0.3) is 6.08 Å². The van der Waals surface area contributed by atoms with Crippen LogP contribution < -0.4 is 15.2 Å². The lowest BCUT2D eigenvalue weighted by Crippen LogP contribution is -2.12. The van der Waals surface area contributed by atoms with Gasteiger partial charge in [0.2, 0.25) is 0 Å². The van der Waals surface area contributed by atoms with Gasteiger partial charge in [-0.15, -0.1) is 0 Å². The molecule has 0 aliphatic rings. The summed E-state index contributed by atoms with van der Waals surface area (Å²) in [6.45, 7) is 2.58. The van der Waals surface area contributed by atoms with Crippen molar-refractivity contribution in [2.24, 2.45) is 5.73 Å². The molecule has 5 nitrogen and oxygen atoms in total. The fourth-order valence-electron chi connectivity index (χ4n) is 2.18. The summed E-state index contributed by atoms with van der Waals surface area (Å²) in [6, 6.07) is 12.5. The fraction of sp³-hybridized carbons (Fsp3) is 0.158. The lowest BCUT2D eigenvalue weighted by Gasteiger charge is -2.15. The Balaban J connectivity index is 2.34. The van der Waals surface area contributed by atoms with Crippen LogP contribution in [0.3, 0.4) is 0 Å². The van der Waals surface area contributed by atoms with Crippen molar-refractivity contribution in [2.75, 3.05) is 6.61 Å². The molecule has 0 aliphatic carbocycles. The maximum absolute atomic E-state index is 11.2. The first kappa shape index (κ1) is 19.8. The number of carbonyl (C=O) groups is 1. The normalized spacial score (nSPS) is 10.9. The summed E-state index contributed by atoms with van der Waals surface area (Å²) < 4.78 is 12.1. The van der Waals surface area contributed by atoms with Gasteiger partial charge in [-0.05, 0) is 64.3 Å². The number of hydrogen-bond donors (Lipinski definition) is 1. The number of amides is 1. The molecule has 0 unspecified atom stereocenters. The third-order valence-corrected chi connectivity index (χ3v) is 4.12. The van der Waals surface area contributed by atoms with Gasteiger partial charge in [0.25, 0.3) is 5.91 Å². The van der Waals surface area contributed by atoms with Crippen LogP contribution in [-0.4, -0.2) is 12.5 Å². The molecule has 1 amide bonds. The van der Waals surface area contributed by atoms with Gasteiger partial charge in [-0.2, -0.15) is 5.26 Å². The number of benzene rings is 2. The van der Waals surface area contributed by atoms with Crippen molar-refractivity contribution in [1.82, 2.24) is 0 Å². The molecule has 0 aromatic heterocycles. The van der Waals surface area contributed by atoms with E-state index in [9.17, 15) is 4.79 Å². The molecule has 2 N–H and O–H groups in total. The summed E-state index contributed by atoms with van der Waals surface area (Å²) in [4.78, 5) is 11.2. The molecule has 0 fully saturated rings. The van der Waals surface area contributed by atoms with Crippen molar-refractivity contribution in [2.45, 2.75) is 13.5 Å². The average Bonchev–Trinajstić information content (AvgIpc) is 2.59. The number of carbonyl (C=O) groups excluding carboxylic acids is 1. The third-order valence-electron chi connectivity index (χ3n) is 3.30. The van der Waals surface area contributed by atoms with Crippen molar-refractivity contribution >= 4 is 39.5 Å². The Bertz CT molecular complexity index is 891. The van der Waals surface area contributed by atoms with Crippen molar-refractivity contribution in [3.63, 3.8) is 0 Å². The van der Waals surface area contributed by atoms with Crippen LogP contribution in [0.2, 0.25) is 5.02 Å². The molecule has 0 saturated heterocycles. The quantitative estimate of drug-likeness (QED) is 0.513. The van der Waals surface area contributed by atoms with E-state index in [-0.39, 0.29) is 5.57 Å². The highest BCUT2D eigenvalue weighted by Gasteiger charge is 2.13. The largest absolute Gasteiger partial charge is 0.490 e. The van der Waals surface area contributed by atoms with E-state index in [0.717, 1.165) is 5.56 Å². The van der Waals surface area contributed by atoms with Gasteiger partial charge in [0.15, 0.2) is 11.5 Å². The molecule has 0 aliphatic heterocycles. The van der Waals surface area contributed by atoms with Crippen molar-refractivity contribution in [1.29, 1.82) is 5.26 Å². The number of rotatable bonds is 7.